The minimum atomic E-state index is -0.515. The van der Waals surface area contributed by atoms with E-state index in [1.54, 1.807) is 0 Å². The Morgan fingerprint density at radius 2 is 1.72 bits per heavy atom. The summed E-state index contributed by atoms with van der Waals surface area (Å²) in [6.45, 7) is 0.759. The molecule has 6 heteroatoms. The first-order chi connectivity index (χ1) is 12.0. The van der Waals surface area contributed by atoms with Crippen LogP contribution in [0.2, 0.25) is 0 Å². The van der Waals surface area contributed by atoms with Gasteiger partial charge in [-0.05, 0) is 30.3 Å². The number of anilines is 1. The third-order valence-electron chi connectivity index (χ3n) is 4.18. The molecule has 0 spiro atoms. The highest BCUT2D eigenvalue weighted by molar-refractivity contribution is 6.21. The van der Waals surface area contributed by atoms with Crippen molar-refractivity contribution in [2.75, 3.05) is 32.1 Å². The predicted octanol–water partition coefficient (Wildman–Crippen LogP) is 2.21. The molecule has 1 heterocycles. The van der Waals surface area contributed by atoms with Crippen molar-refractivity contribution in [2.24, 2.45) is 0 Å². The summed E-state index contributed by atoms with van der Waals surface area (Å²) in [5.74, 6) is -1.28. The van der Waals surface area contributed by atoms with E-state index in [-0.39, 0.29) is 23.6 Å². The average molecular weight is 338 g/mol. The standard InChI is InChI=1S/C19H18N2O4/c1-20(14-6-4-3-5-7-14)10-11-25-19(24)13-8-9-15-16(12-13)18(23)21(2)17(15)22/h3-9,12H,10-11H2,1-2H3. The van der Waals surface area contributed by atoms with E-state index >= 15 is 0 Å². The average Bonchev–Trinajstić information content (AvgIpc) is 2.86. The molecule has 2 aromatic carbocycles. The van der Waals surface area contributed by atoms with Crippen LogP contribution in [0.15, 0.2) is 48.5 Å². The lowest BCUT2D eigenvalue weighted by Crippen LogP contribution is -2.24. The maximum absolute atomic E-state index is 12.2. The van der Waals surface area contributed by atoms with Crippen LogP contribution in [0.25, 0.3) is 0 Å². The van der Waals surface area contributed by atoms with Crippen LogP contribution in [0.4, 0.5) is 5.69 Å². The normalized spacial score (nSPS) is 13.0. The fourth-order valence-electron chi connectivity index (χ4n) is 2.66. The van der Waals surface area contributed by atoms with Crippen molar-refractivity contribution in [3.63, 3.8) is 0 Å². The second-order valence-electron chi connectivity index (χ2n) is 5.82. The molecule has 0 aromatic heterocycles. The SMILES string of the molecule is CN1C(=O)c2ccc(C(=O)OCCN(C)c3ccccc3)cc2C1=O. The number of fused-ring (bicyclic) bond motifs is 1. The summed E-state index contributed by atoms with van der Waals surface area (Å²) in [5, 5.41) is 0. The van der Waals surface area contributed by atoms with Crippen molar-refractivity contribution in [2.45, 2.75) is 0 Å². The first-order valence-electron chi connectivity index (χ1n) is 7.89. The molecule has 0 atom stereocenters. The van der Waals surface area contributed by atoms with E-state index in [4.69, 9.17) is 4.74 Å². The number of rotatable bonds is 5. The monoisotopic (exact) mass is 338 g/mol. The zero-order valence-corrected chi connectivity index (χ0v) is 14.1. The molecule has 1 aliphatic heterocycles. The van der Waals surface area contributed by atoms with E-state index in [0.717, 1.165) is 10.6 Å². The van der Waals surface area contributed by atoms with Gasteiger partial charge < -0.3 is 9.64 Å². The molecule has 0 radical (unpaired) electrons. The zero-order chi connectivity index (χ0) is 18.0. The molecule has 128 valence electrons. The topological polar surface area (TPSA) is 66.9 Å². The summed E-state index contributed by atoms with van der Waals surface area (Å²) < 4.78 is 5.28. The van der Waals surface area contributed by atoms with E-state index in [1.165, 1.54) is 25.2 Å². The number of esters is 1. The van der Waals surface area contributed by atoms with E-state index in [9.17, 15) is 14.4 Å². The first kappa shape index (κ1) is 16.7. The van der Waals surface area contributed by atoms with Crippen LogP contribution in [0.3, 0.4) is 0 Å². The molecule has 3 rings (SSSR count). The molecule has 0 saturated heterocycles. The van der Waals surface area contributed by atoms with Crippen LogP contribution in [0, 0.1) is 0 Å². The third kappa shape index (κ3) is 3.24. The van der Waals surface area contributed by atoms with Gasteiger partial charge in [-0.25, -0.2) is 4.79 Å². The number of carbonyl (C=O) groups is 3. The van der Waals surface area contributed by atoms with Gasteiger partial charge in [-0.1, -0.05) is 18.2 Å². The minimum absolute atomic E-state index is 0.216. The van der Waals surface area contributed by atoms with Crippen molar-refractivity contribution in [1.29, 1.82) is 0 Å². The number of amides is 2. The van der Waals surface area contributed by atoms with Gasteiger partial charge in [0.05, 0.1) is 23.2 Å². The van der Waals surface area contributed by atoms with Gasteiger partial charge in [0.2, 0.25) is 0 Å². The molecule has 0 bridgehead atoms. The summed E-state index contributed by atoms with van der Waals surface area (Å²) in [4.78, 5) is 39.0. The number of hydrogen-bond acceptors (Lipinski definition) is 5. The van der Waals surface area contributed by atoms with Gasteiger partial charge in [0.15, 0.2) is 0 Å². The number of likely N-dealkylation sites (N-methyl/N-ethyl adjacent to an activating group) is 1. The van der Waals surface area contributed by atoms with E-state index in [1.807, 2.05) is 42.3 Å². The Hall–Kier alpha value is -3.15. The third-order valence-corrected chi connectivity index (χ3v) is 4.18. The van der Waals surface area contributed by atoms with Crippen molar-refractivity contribution >= 4 is 23.5 Å². The van der Waals surface area contributed by atoms with Crippen LogP contribution in [-0.4, -0.2) is 49.9 Å². The molecule has 0 N–H and O–H groups in total. The van der Waals surface area contributed by atoms with E-state index in [2.05, 4.69) is 0 Å². The predicted molar refractivity (Wildman–Crippen MR) is 92.9 cm³/mol. The van der Waals surface area contributed by atoms with Gasteiger partial charge >= 0.3 is 5.97 Å². The Balaban J connectivity index is 1.61. The molecule has 2 amide bonds. The maximum atomic E-state index is 12.2. The van der Waals surface area contributed by atoms with Crippen molar-refractivity contribution in [3.8, 4) is 0 Å². The fourth-order valence-corrected chi connectivity index (χ4v) is 2.66. The number of imide groups is 1. The molecule has 0 aliphatic carbocycles. The lowest BCUT2D eigenvalue weighted by atomic mass is 10.1. The lowest BCUT2D eigenvalue weighted by Gasteiger charge is -2.18. The second kappa shape index (κ2) is 6.76. The largest absolute Gasteiger partial charge is 0.460 e. The van der Waals surface area contributed by atoms with Crippen LogP contribution in [0.1, 0.15) is 31.1 Å². The van der Waals surface area contributed by atoms with Gasteiger partial charge in [0.25, 0.3) is 11.8 Å². The molecule has 0 fully saturated rings. The van der Waals surface area contributed by atoms with Crippen LogP contribution in [0.5, 0.6) is 0 Å². The number of benzene rings is 2. The molecular formula is C19H18N2O4. The fraction of sp³-hybridized carbons (Fsp3) is 0.211. The highest BCUT2D eigenvalue weighted by Gasteiger charge is 2.33. The summed E-state index contributed by atoms with van der Waals surface area (Å²) in [7, 11) is 3.33. The Morgan fingerprint density at radius 3 is 2.44 bits per heavy atom. The van der Waals surface area contributed by atoms with Crippen LogP contribution < -0.4 is 4.90 Å². The number of hydrogen-bond donors (Lipinski definition) is 0. The smallest absolute Gasteiger partial charge is 0.338 e. The highest BCUT2D eigenvalue weighted by Crippen LogP contribution is 2.23. The van der Waals surface area contributed by atoms with Crippen LogP contribution in [-0.2, 0) is 4.74 Å². The van der Waals surface area contributed by atoms with Crippen molar-refractivity contribution in [3.05, 3.63) is 65.2 Å². The van der Waals surface area contributed by atoms with Gasteiger partial charge in [-0.3, -0.25) is 14.5 Å². The molecule has 25 heavy (non-hydrogen) atoms. The number of nitrogens with zero attached hydrogens (tertiary/aromatic N) is 2. The lowest BCUT2D eigenvalue weighted by molar-refractivity contribution is 0.0515. The number of para-hydroxylation sites is 1. The Labute approximate surface area is 145 Å². The van der Waals surface area contributed by atoms with Gasteiger partial charge in [-0.15, -0.1) is 0 Å². The van der Waals surface area contributed by atoms with E-state index in [0.29, 0.717) is 12.1 Å². The van der Waals surface area contributed by atoms with Gasteiger partial charge in [0, 0.05) is 19.8 Å². The Bertz CT molecular complexity index is 833. The van der Waals surface area contributed by atoms with Crippen LogP contribution >= 0.6 is 0 Å². The Kier molecular flexibility index (Phi) is 4.52. The van der Waals surface area contributed by atoms with Crippen molar-refractivity contribution in [1.82, 2.24) is 4.90 Å². The first-order valence-corrected chi connectivity index (χ1v) is 7.89. The highest BCUT2D eigenvalue weighted by atomic mass is 16.5. The van der Waals surface area contributed by atoms with E-state index < -0.39 is 11.9 Å². The quantitative estimate of drug-likeness (QED) is 0.618. The molecule has 2 aromatic rings. The molecule has 0 unspecified atom stereocenters. The number of ether oxygens (including phenoxy) is 1. The van der Waals surface area contributed by atoms with Crippen molar-refractivity contribution < 1.29 is 19.1 Å². The summed E-state index contributed by atoms with van der Waals surface area (Å²) in [6.07, 6.45) is 0. The molecule has 0 saturated carbocycles. The minimum Gasteiger partial charge on any atom is -0.460 e. The molecule has 6 nitrogen and oxygen atoms in total. The summed E-state index contributed by atoms with van der Waals surface area (Å²) in [6, 6.07) is 14.2. The number of carbonyl (C=O) groups excluding carboxylic acids is 3. The summed E-state index contributed by atoms with van der Waals surface area (Å²) in [5.41, 5.74) is 1.84. The van der Waals surface area contributed by atoms with Gasteiger partial charge in [-0.2, -0.15) is 0 Å². The summed E-state index contributed by atoms with van der Waals surface area (Å²) >= 11 is 0. The molecule has 1 aliphatic rings. The second-order valence-corrected chi connectivity index (χ2v) is 5.82. The molecular weight excluding hydrogens is 320 g/mol. The Morgan fingerprint density at radius 1 is 1.04 bits per heavy atom. The van der Waals surface area contributed by atoms with Gasteiger partial charge in [0.1, 0.15) is 6.61 Å². The zero-order valence-electron chi connectivity index (χ0n) is 14.1. The maximum Gasteiger partial charge on any atom is 0.338 e.